The van der Waals surface area contributed by atoms with Gasteiger partial charge in [-0.2, -0.15) is 0 Å². The third-order valence-electron chi connectivity index (χ3n) is 3.81. The van der Waals surface area contributed by atoms with E-state index in [1.54, 1.807) is 18.2 Å². The molecule has 6 nitrogen and oxygen atoms in total. The summed E-state index contributed by atoms with van der Waals surface area (Å²) < 4.78 is 15.6. The third-order valence-corrected chi connectivity index (χ3v) is 3.81. The topological polar surface area (TPSA) is 77.6 Å². The van der Waals surface area contributed by atoms with Crippen LogP contribution in [0.25, 0.3) is 10.9 Å². The molecule has 0 bridgehead atoms. The Labute approximate surface area is 144 Å². The number of esters is 1. The summed E-state index contributed by atoms with van der Waals surface area (Å²) in [6.45, 7) is -0.118. The fourth-order valence-corrected chi connectivity index (χ4v) is 2.49. The summed E-state index contributed by atoms with van der Waals surface area (Å²) in [6.07, 6.45) is 0. The summed E-state index contributed by atoms with van der Waals surface area (Å²) in [5.74, 6) is 0.402. The van der Waals surface area contributed by atoms with E-state index >= 15 is 0 Å². The Morgan fingerprint density at radius 2 is 1.76 bits per heavy atom. The van der Waals surface area contributed by atoms with Gasteiger partial charge in [0.05, 0.1) is 25.3 Å². The van der Waals surface area contributed by atoms with E-state index < -0.39 is 5.97 Å². The van der Waals surface area contributed by atoms with Gasteiger partial charge >= 0.3 is 5.97 Å². The summed E-state index contributed by atoms with van der Waals surface area (Å²) in [7, 11) is 3.00. The highest BCUT2D eigenvalue weighted by Gasteiger charge is 2.13. The predicted octanol–water partition coefficient (Wildman–Crippen LogP) is 2.90. The lowest BCUT2D eigenvalue weighted by Gasteiger charge is -2.10. The van der Waals surface area contributed by atoms with Crippen molar-refractivity contribution in [1.29, 1.82) is 0 Å². The van der Waals surface area contributed by atoms with Crippen molar-refractivity contribution in [2.24, 2.45) is 0 Å². The smallest absolute Gasteiger partial charge is 0.338 e. The number of aromatic amines is 1. The largest absolute Gasteiger partial charge is 0.493 e. The van der Waals surface area contributed by atoms with Gasteiger partial charge in [-0.15, -0.1) is 0 Å². The number of nitrogens with one attached hydrogen (secondary N) is 1. The van der Waals surface area contributed by atoms with Crippen molar-refractivity contribution in [2.45, 2.75) is 6.61 Å². The first-order valence-corrected chi connectivity index (χ1v) is 7.62. The van der Waals surface area contributed by atoms with Crippen LogP contribution in [0.2, 0.25) is 0 Å². The Balaban J connectivity index is 1.78. The first-order valence-electron chi connectivity index (χ1n) is 7.62. The minimum atomic E-state index is -0.548. The van der Waals surface area contributed by atoms with Crippen molar-refractivity contribution < 1.29 is 19.0 Å². The highest BCUT2D eigenvalue weighted by atomic mass is 16.5. The van der Waals surface area contributed by atoms with E-state index in [1.807, 2.05) is 24.3 Å². The molecule has 0 aliphatic rings. The Hall–Kier alpha value is -3.28. The molecule has 1 aromatic heterocycles. The zero-order valence-corrected chi connectivity index (χ0v) is 13.9. The molecule has 2 aromatic carbocycles. The number of ether oxygens (including phenoxy) is 3. The van der Waals surface area contributed by atoms with Crippen LogP contribution in [0.5, 0.6) is 11.5 Å². The zero-order valence-electron chi connectivity index (χ0n) is 13.9. The maximum absolute atomic E-state index is 12.2. The van der Waals surface area contributed by atoms with E-state index in [0.717, 1.165) is 10.9 Å². The number of aromatic nitrogens is 1. The van der Waals surface area contributed by atoms with Gasteiger partial charge in [0.2, 0.25) is 0 Å². The Bertz CT molecular complexity index is 977. The van der Waals surface area contributed by atoms with Crippen molar-refractivity contribution >= 4 is 16.9 Å². The molecule has 0 amide bonds. The first kappa shape index (κ1) is 16.6. The molecular formula is C19H17NO5. The molecule has 25 heavy (non-hydrogen) atoms. The van der Waals surface area contributed by atoms with Gasteiger partial charge in [0.15, 0.2) is 11.5 Å². The average Bonchev–Trinajstić information content (AvgIpc) is 2.65. The van der Waals surface area contributed by atoms with Crippen LogP contribution in [-0.4, -0.2) is 25.2 Å². The summed E-state index contributed by atoms with van der Waals surface area (Å²) >= 11 is 0. The Kier molecular flexibility index (Phi) is 4.70. The molecule has 1 heterocycles. The van der Waals surface area contributed by atoms with Crippen molar-refractivity contribution in [2.75, 3.05) is 14.2 Å². The van der Waals surface area contributed by atoms with Gasteiger partial charge in [-0.1, -0.05) is 18.2 Å². The quantitative estimate of drug-likeness (QED) is 0.723. The molecule has 3 aromatic rings. The minimum Gasteiger partial charge on any atom is -0.493 e. The number of pyridine rings is 1. The number of hydrogen-bond acceptors (Lipinski definition) is 5. The van der Waals surface area contributed by atoms with Crippen LogP contribution in [0.3, 0.4) is 0 Å². The second kappa shape index (κ2) is 7.09. The first-order chi connectivity index (χ1) is 12.1. The van der Waals surface area contributed by atoms with Gasteiger partial charge in [-0.05, 0) is 35.7 Å². The van der Waals surface area contributed by atoms with Crippen LogP contribution in [0.15, 0.2) is 53.3 Å². The van der Waals surface area contributed by atoms with Crippen LogP contribution in [0.1, 0.15) is 15.9 Å². The van der Waals surface area contributed by atoms with Crippen molar-refractivity contribution in [1.82, 2.24) is 4.98 Å². The van der Waals surface area contributed by atoms with Gasteiger partial charge in [-0.3, -0.25) is 4.79 Å². The molecule has 6 heteroatoms. The lowest BCUT2D eigenvalue weighted by molar-refractivity contribution is 0.0471. The molecule has 128 valence electrons. The number of H-pyrrole nitrogens is 1. The fourth-order valence-electron chi connectivity index (χ4n) is 2.49. The minimum absolute atomic E-state index is 0.118. The highest BCUT2D eigenvalue weighted by Crippen LogP contribution is 2.27. The Morgan fingerprint density at radius 1 is 1.00 bits per heavy atom. The molecule has 0 atom stereocenters. The third kappa shape index (κ3) is 3.47. The number of hydrogen-bond donors (Lipinski definition) is 1. The molecule has 0 unspecified atom stereocenters. The number of methoxy groups -OCH3 is 2. The number of carbonyl (C=O) groups excluding carboxylic acids is 1. The number of benzene rings is 2. The highest BCUT2D eigenvalue weighted by molar-refractivity contribution is 5.90. The van der Waals surface area contributed by atoms with Gasteiger partial charge in [0.25, 0.3) is 5.56 Å². The molecule has 0 spiro atoms. The van der Waals surface area contributed by atoms with E-state index in [4.69, 9.17) is 14.2 Å². The molecule has 0 aliphatic carbocycles. The van der Waals surface area contributed by atoms with Crippen molar-refractivity contribution in [3.05, 3.63) is 70.0 Å². The molecule has 0 aliphatic heterocycles. The standard InChI is InChI=1S/C19H17NO5/c1-23-16-8-7-13(10-17(16)24-2)19(22)25-11-14-9-12-5-3-4-6-15(12)20-18(14)21/h3-10H,11H2,1-2H3,(H,20,21). The monoisotopic (exact) mass is 339 g/mol. The van der Waals surface area contributed by atoms with Gasteiger partial charge in [0, 0.05) is 5.52 Å². The predicted molar refractivity (Wildman–Crippen MR) is 93.2 cm³/mol. The molecular weight excluding hydrogens is 322 g/mol. The molecule has 1 N–H and O–H groups in total. The maximum Gasteiger partial charge on any atom is 0.338 e. The SMILES string of the molecule is COc1ccc(C(=O)OCc2cc3ccccc3[nH]c2=O)cc1OC. The number of para-hydroxylation sites is 1. The van der Waals surface area contributed by atoms with E-state index in [0.29, 0.717) is 22.6 Å². The van der Waals surface area contributed by atoms with E-state index in [9.17, 15) is 9.59 Å². The summed E-state index contributed by atoms with van der Waals surface area (Å²) in [5.41, 5.74) is 1.16. The number of carbonyl (C=O) groups is 1. The van der Waals surface area contributed by atoms with Crippen LogP contribution < -0.4 is 15.0 Å². The average molecular weight is 339 g/mol. The van der Waals surface area contributed by atoms with Gasteiger partial charge < -0.3 is 19.2 Å². The van der Waals surface area contributed by atoms with Crippen molar-refractivity contribution in [3.8, 4) is 11.5 Å². The molecule has 0 fully saturated rings. The molecule has 3 rings (SSSR count). The van der Waals surface area contributed by atoms with E-state index in [-0.39, 0.29) is 12.2 Å². The number of fused-ring (bicyclic) bond motifs is 1. The lowest BCUT2D eigenvalue weighted by Crippen LogP contribution is -2.15. The van der Waals surface area contributed by atoms with Crippen LogP contribution in [-0.2, 0) is 11.3 Å². The molecule has 0 saturated carbocycles. The van der Waals surface area contributed by atoms with Crippen molar-refractivity contribution in [3.63, 3.8) is 0 Å². The summed E-state index contributed by atoms with van der Waals surface area (Å²) in [6, 6.07) is 13.9. The normalized spacial score (nSPS) is 10.5. The molecule has 0 radical (unpaired) electrons. The van der Waals surface area contributed by atoms with E-state index in [2.05, 4.69) is 4.98 Å². The van der Waals surface area contributed by atoms with E-state index in [1.165, 1.54) is 20.3 Å². The maximum atomic E-state index is 12.2. The van der Waals surface area contributed by atoms with Gasteiger partial charge in [0.1, 0.15) is 6.61 Å². The van der Waals surface area contributed by atoms with Gasteiger partial charge in [-0.25, -0.2) is 4.79 Å². The molecule has 0 saturated heterocycles. The zero-order chi connectivity index (χ0) is 17.8. The van der Waals surface area contributed by atoms with Crippen LogP contribution in [0.4, 0.5) is 0 Å². The Morgan fingerprint density at radius 3 is 2.52 bits per heavy atom. The van der Waals surface area contributed by atoms with Crippen LogP contribution in [0, 0.1) is 0 Å². The lowest BCUT2D eigenvalue weighted by atomic mass is 10.1. The van der Waals surface area contributed by atoms with Crippen LogP contribution >= 0.6 is 0 Å². The fraction of sp³-hybridized carbons (Fsp3) is 0.158. The summed E-state index contributed by atoms with van der Waals surface area (Å²) in [4.78, 5) is 27.1. The second-order valence-electron chi connectivity index (χ2n) is 5.36. The summed E-state index contributed by atoms with van der Waals surface area (Å²) in [5, 5.41) is 0.874. The number of rotatable bonds is 5. The second-order valence-corrected chi connectivity index (χ2v) is 5.36.